The molecular weight excluding hydrogens is 410 g/mol. The van der Waals surface area contributed by atoms with E-state index in [-0.39, 0.29) is 0 Å². The number of unbranched alkanes of at least 4 members (excludes halogenated alkanes) is 1. The number of thiazole rings is 1. The standard InChI is InChI=1S/C7H12NS.C2F6NO4S2/c1-2-3-4-8-5-6-9-7-8;3-1(4,5)14(10,11)9-15(12,13)2(6,7)8/h5-7H,2-4H2,1H3;/q+1;-1. The molecule has 142 valence electrons. The van der Waals surface area contributed by atoms with Gasteiger partial charge >= 0.3 is 11.0 Å². The second-order valence-electron chi connectivity index (χ2n) is 4.03. The van der Waals surface area contributed by atoms with Crippen molar-refractivity contribution in [1.29, 1.82) is 0 Å². The van der Waals surface area contributed by atoms with Crippen molar-refractivity contribution >= 4 is 31.4 Å². The number of aryl methyl sites for hydroxylation is 1. The van der Waals surface area contributed by atoms with Crippen LogP contribution in [0.3, 0.4) is 0 Å². The molecule has 1 aromatic rings. The molecule has 0 unspecified atom stereocenters. The molecule has 6 nitrogen and oxygen atoms in total. The normalized spacial score (nSPS) is 13.3. The van der Waals surface area contributed by atoms with Crippen LogP contribution in [0, 0.1) is 0 Å². The summed E-state index contributed by atoms with van der Waals surface area (Å²) in [6.45, 7) is 3.40. The Labute approximate surface area is 138 Å². The zero-order chi connectivity index (χ0) is 19.2. The predicted molar refractivity (Wildman–Crippen MR) is 72.7 cm³/mol. The molecule has 0 bridgehead atoms. The fourth-order valence-corrected chi connectivity index (χ4v) is 3.28. The zero-order valence-electron chi connectivity index (χ0n) is 11.9. The van der Waals surface area contributed by atoms with Gasteiger partial charge in [0.15, 0.2) is 26.2 Å². The molecule has 1 rings (SSSR count). The summed E-state index contributed by atoms with van der Waals surface area (Å²) in [5.74, 6) is 0. The van der Waals surface area contributed by atoms with Gasteiger partial charge in [-0.1, -0.05) is 24.7 Å². The molecule has 0 aliphatic carbocycles. The Balaban J connectivity index is 0.000000496. The van der Waals surface area contributed by atoms with Crippen LogP contribution in [-0.2, 0) is 26.6 Å². The first-order chi connectivity index (χ1) is 10.6. The molecule has 0 aromatic carbocycles. The second kappa shape index (κ2) is 8.44. The van der Waals surface area contributed by atoms with Crippen LogP contribution in [-0.4, -0.2) is 27.9 Å². The van der Waals surface area contributed by atoms with Crippen LogP contribution in [0.5, 0.6) is 0 Å². The van der Waals surface area contributed by atoms with E-state index >= 15 is 0 Å². The van der Waals surface area contributed by atoms with Crippen molar-refractivity contribution in [2.45, 2.75) is 37.3 Å². The molecule has 0 saturated heterocycles. The highest BCUT2D eigenvalue weighted by atomic mass is 32.3. The van der Waals surface area contributed by atoms with Gasteiger partial charge in [-0.05, 0) is 0 Å². The van der Waals surface area contributed by atoms with E-state index < -0.39 is 31.1 Å². The van der Waals surface area contributed by atoms with Crippen LogP contribution in [0.2, 0.25) is 0 Å². The number of alkyl halides is 6. The number of sulfonamides is 2. The summed E-state index contributed by atoms with van der Waals surface area (Å²) < 4.78 is 111. The van der Waals surface area contributed by atoms with Gasteiger partial charge in [-0.2, -0.15) is 30.9 Å². The number of hydrogen-bond donors (Lipinski definition) is 0. The van der Waals surface area contributed by atoms with E-state index in [1.165, 1.54) is 19.4 Å². The molecule has 0 amide bonds. The Morgan fingerprint density at radius 2 is 1.46 bits per heavy atom. The minimum atomic E-state index is -6.72. The van der Waals surface area contributed by atoms with Gasteiger partial charge in [0.05, 0.1) is 5.38 Å². The molecule has 0 atom stereocenters. The van der Waals surface area contributed by atoms with E-state index in [9.17, 15) is 43.2 Å². The van der Waals surface area contributed by atoms with Gasteiger partial charge in [0, 0.05) is 6.42 Å². The van der Waals surface area contributed by atoms with E-state index in [0.29, 0.717) is 0 Å². The monoisotopic (exact) mass is 422 g/mol. The lowest BCUT2D eigenvalue weighted by Gasteiger charge is -2.22. The summed E-state index contributed by atoms with van der Waals surface area (Å²) >= 11 is 1.75. The van der Waals surface area contributed by atoms with Crippen molar-refractivity contribution in [2.75, 3.05) is 0 Å². The average Bonchev–Trinajstić information content (AvgIpc) is 2.86. The first-order valence-electron chi connectivity index (χ1n) is 5.92. The zero-order valence-corrected chi connectivity index (χ0v) is 14.3. The van der Waals surface area contributed by atoms with Crippen molar-refractivity contribution < 1.29 is 47.7 Å². The lowest BCUT2D eigenvalue weighted by Crippen LogP contribution is -2.30. The van der Waals surface area contributed by atoms with E-state index in [2.05, 4.69) is 28.6 Å². The van der Waals surface area contributed by atoms with Gasteiger partial charge in [-0.3, -0.25) is 0 Å². The Bertz CT molecular complexity index is 653. The molecule has 0 aliphatic rings. The van der Waals surface area contributed by atoms with E-state index in [1.807, 2.05) is 0 Å². The molecule has 0 saturated carbocycles. The molecule has 0 fully saturated rings. The molecule has 0 N–H and O–H groups in total. The fourth-order valence-electron chi connectivity index (χ4n) is 0.943. The number of nitrogens with zero attached hydrogens (tertiary/aromatic N) is 2. The molecule has 1 aromatic heterocycles. The number of halogens is 6. The van der Waals surface area contributed by atoms with Crippen LogP contribution >= 0.6 is 11.3 Å². The summed E-state index contributed by atoms with van der Waals surface area (Å²) in [5.41, 5.74) is -10.3. The van der Waals surface area contributed by atoms with E-state index in [1.54, 1.807) is 11.3 Å². The first kappa shape index (κ1) is 23.1. The second-order valence-corrected chi connectivity index (χ2v) is 8.21. The summed E-state index contributed by atoms with van der Waals surface area (Å²) in [6.07, 6.45) is 4.70. The Hall–Kier alpha value is -0.930. The Morgan fingerprint density at radius 1 is 1.00 bits per heavy atom. The number of rotatable bonds is 5. The Kier molecular flexibility index (Phi) is 8.11. The van der Waals surface area contributed by atoms with Crippen molar-refractivity contribution in [3.05, 3.63) is 21.2 Å². The third-order valence-corrected chi connectivity index (χ3v) is 5.49. The number of hydrogen-bond acceptors (Lipinski definition) is 5. The third kappa shape index (κ3) is 7.31. The smallest absolute Gasteiger partial charge is 0.421 e. The third-order valence-electron chi connectivity index (χ3n) is 2.08. The van der Waals surface area contributed by atoms with Gasteiger partial charge in [0.2, 0.25) is 5.51 Å². The first-order valence-corrected chi connectivity index (χ1v) is 9.74. The molecule has 0 radical (unpaired) electrons. The van der Waals surface area contributed by atoms with Crippen molar-refractivity contribution in [2.24, 2.45) is 0 Å². The van der Waals surface area contributed by atoms with Crippen molar-refractivity contribution in [3.8, 4) is 0 Å². The Morgan fingerprint density at radius 3 is 1.75 bits per heavy atom. The minimum Gasteiger partial charge on any atom is -0.421 e. The van der Waals surface area contributed by atoms with Gasteiger partial charge in [-0.25, -0.2) is 16.8 Å². The van der Waals surface area contributed by atoms with Crippen LogP contribution in [0.1, 0.15) is 19.8 Å². The van der Waals surface area contributed by atoms with Crippen LogP contribution in [0.25, 0.3) is 4.13 Å². The van der Waals surface area contributed by atoms with Gasteiger partial charge < -0.3 is 4.13 Å². The highest BCUT2D eigenvalue weighted by molar-refractivity contribution is 8.13. The molecule has 0 aliphatic heterocycles. The van der Waals surface area contributed by atoms with Crippen LogP contribution in [0.15, 0.2) is 17.1 Å². The maximum absolute atomic E-state index is 11.4. The SMILES string of the molecule is CCCC[n+]1ccsc1.O=S(=O)([N-]S(=O)(=O)C(F)(F)F)C(F)(F)F. The minimum absolute atomic E-state index is 0.778. The maximum atomic E-state index is 11.4. The van der Waals surface area contributed by atoms with Crippen LogP contribution in [0.4, 0.5) is 26.3 Å². The van der Waals surface area contributed by atoms with Gasteiger partial charge in [0.1, 0.15) is 6.54 Å². The summed E-state index contributed by atoms with van der Waals surface area (Å²) in [4.78, 5) is 0. The predicted octanol–water partition coefficient (Wildman–Crippen LogP) is 2.90. The molecule has 0 spiro atoms. The molecule has 1 heterocycles. The van der Waals surface area contributed by atoms with Crippen molar-refractivity contribution in [1.82, 2.24) is 0 Å². The quantitative estimate of drug-likeness (QED) is 0.539. The van der Waals surface area contributed by atoms with E-state index in [4.69, 9.17) is 0 Å². The molecular formula is C9H12F6N2O4S3. The highest BCUT2D eigenvalue weighted by Gasteiger charge is 2.46. The summed E-state index contributed by atoms with van der Waals surface area (Å²) in [7, 11) is -13.4. The summed E-state index contributed by atoms with van der Waals surface area (Å²) in [6, 6.07) is 0. The van der Waals surface area contributed by atoms with Gasteiger partial charge in [0.25, 0.3) is 0 Å². The topological polar surface area (TPSA) is 86.3 Å². The highest BCUT2D eigenvalue weighted by Crippen LogP contribution is 2.36. The average molecular weight is 422 g/mol. The van der Waals surface area contributed by atoms with Crippen molar-refractivity contribution in [3.63, 3.8) is 0 Å². The summed E-state index contributed by atoms with van der Waals surface area (Å²) in [5, 5.41) is 2.11. The van der Waals surface area contributed by atoms with Gasteiger partial charge in [-0.15, -0.1) is 0 Å². The number of aromatic nitrogens is 1. The maximum Gasteiger partial charge on any atom is 0.480 e. The van der Waals surface area contributed by atoms with E-state index in [0.717, 1.165) is 4.13 Å². The largest absolute Gasteiger partial charge is 0.480 e. The fraction of sp³-hybridized carbons (Fsp3) is 0.667. The molecule has 24 heavy (non-hydrogen) atoms. The van der Waals surface area contributed by atoms with Crippen LogP contribution < -0.4 is 4.57 Å². The lowest BCUT2D eigenvalue weighted by atomic mass is 10.3. The molecule has 15 heteroatoms. The lowest BCUT2D eigenvalue weighted by molar-refractivity contribution is -0.692.